The molecule has 2 saturated heterocycles. The third-order valence-corrected chi connectivity index (χ3v) is 4.03. The highest BCUT2D eigenvalue weighted by Gasteiger charge is 2.35. The molecule has 100 valence electrons. The molecule has 0 aliphatic carbocycles. The van der Waals surface area contributed by atoms with Crippen molar-refractivity contribution in [2.45, 2.75) is 43.9 Å². The molecule has 0 amide bonds. The lowest BCUT2D eigenvalue weighted by Crippen LogP contribution is -2.42. The van der Waals surface area contributed by atoms with Gasteiger partial charge in [-0.15, -0.1) is 0 Å². The van der Waals surface area contributed by atoms with E-state index >= 15 is 0 Å². The summed E-state index contributed by atoms with van der Waals surface area (Å²) in [4.78, 5) is 0. The highest BCUT2D eigenvalue weighted by molar-refractivity contribution is 5.52. The molecule has 19 heavy (non-hydrogen) atoms. The van der Waals surface area contributed by atoms with Gasteiger partial charge in [0, 0.05) is 12.1 Å². The lowest BCUT2D eigenvalue weighted by atomic mass is 10.0. The third-order valence-electron chi connectivity index (χ3n) is 4.03. The first-order chi connectivity index (χ1) is 9.30. The Morgan fingerprint density at radius 3 is 2.63 bits per heavy atom. The summed E-state index contributed by atoms with van der Waals surface area (Å²) >= 11 is 0. The average Bonchev–Trinajstić information content (AvgIpc) is 2.78. The molecule has 2 aliphatic heterocycles. The largest absolute Gasteiger partial charge is 0.493 e. The van der Waals surface area contributed by atoms with Gasteiger partial charge in [-0.1, -0.05) is 6.07 Å². The summed E-state index contributed by atoms with van der Waals surface area (Å²) in [7, 11) is 1.61. The van der Waals surface area contributed by atoms with Crippen molar-refractivity contribution in [1.29, 1.82) is 5.26 Å². The Morgan fingerprint density at radius 2 is 2.00 bits per heavy atom. The van der Waals surface area contributed by atoms with Gasteiger partial charge in [0.05, 0.1) is 12.7 Å². The first-order valence-corrected chi connectivity index (χ1v) is 6.80. The van der Waals surface area contributed by atoms with Gasteiger partial charge in [-0.3, -0.25) is 0 Å². The zero-order valence-corrected chi connectivity index (χ0v) is 11.1. The number of para-hydroxylation sites is 1. The molecule has 0 spiro atoms. The molecule has 1 aromatic rings. The molecule has 1 aromatic carbocycles. The zero-order valence-electron chi connectivity index (χ0n) is 11.1. The number of piperidine rings is 1. The predicted octanol–water partition coefficient (Wildman–Crippen LogP) is 2.23. The molecule has 0 aromatic heterocycles. The Morgan fingerprint density at radius 1 is 1.26 bits per heavy atom. The molecular weight excluding hydrogens is 240 g/mol. The van der Waals surface area contributed by atoms with Crippen molar-refractivity contribution in [1.82, 2.24) is 5.32 Å². The fourth-order valence-electron chi connectivity index (χ4n) is 3.15. The zero-order chi connectivity index (χ0) is 13.2. The van der Waals surface area contributed by atoms with Crippen LogP contribution in [0.2, 0.25) is 0 Å². The topological polar surface area (TPSA) is 54.3 Å². The Hall–Kier alpha value is -1.73. The van der Waals surface area contributed by atoms with Gasteiger partial charge < -0.3 is 14.8 Å². The van der Waals surface area contributed by atoms with E-state index in [0.29, 0.717) is 29.1 Å². The van der Waals surface area contributed by atoms with Gasteiger partial charge in [0.15, 0.2) is 11.5 Å². The van der Waals surface area contributed by atoms with Gasteiger partial charge in [0.2, 0.25) is 0 Å². The van der Waals surface area contributed by atoms with Crippen molar-refractivity contribution in [2.24, 2.45) is 0 Å². The molecule has 0 saturated carbocycles. The number of hydrogen-bond acceptors (Lipinski definition) is 4. The fraction of sp³-hybridized carbons (Fsp3) is 0.533. The molecule has 2 fully saturated rings. The molecule has 2 unspecified atom stereocenters. The normalized spacial score (nSPS) is 28.7. The summed E-state index contributed by atoms with van der Waals surface area (Å²) in [5, 5.41) is 12.8. The van der Waals surface area contributed by atoms with Gasteiger partial charge >= 0.3 is 0 Å². The second-order valence-corrected chi connectivity index (χ2v) is 5.30. The lowest BCUT2D eigenvalue weighted by molar-refractivity contribution is 0.132. The summed E-state index contributed by atoms with van der Waals surface area (Å²) in [5.41, 5.74) is 0.547. The maximum Gasteiger partial charge on any atom is 0.179 e. The minimum atomic E-state index is 0.183. The van der Waals surface area contributed by atoms with Gasteiger partial charge in [0.25, 0.3) is 0 Å². The average molecular weight is 258 g/mol. The Bertz CT molecular complexity index is 497. The van der Waals surface area contributed by atoms with E-state index in [1.165, 1.54) is 12.8 Å². The highest BCUT2D eigenvalue weighted by atomic mass is 16.5. The van der Waals surface area contributed by atoms with E-state index in [-0.39, 0.29) is 6.10 Å². The molecule has 1 N–H and O–H groups in total. The Labute approximate surface area is 113 Å². The maximum atomic E-state index is 9.19. The standard InChI is InChI=1S/C15H18N2O2/c1-18-14-4-2-3-10(9-16)15(14)19-13-7-11-5-6-12(8-13)17-11/h2-4,11-13,17H,5-8H2,1H3. The minimum absolute atomic E-state index is 0.183. The summed E-state index contributed by atoms with van der Waals surface area (Å²) in [5.74, 6) is 1.24. The number of nitrogens with one attached hydrogen (secondary N) is 1. The van der Waals surface area contributed by atoms with Crippen molar-refractivity contribution in [2.75, 3.05) is 7.11 Å². The van der Waals surface area contributed by atoms with Crippen LogP contribution in [0, 0.1) is 11.3 Å². The van der Waals surface area contributed by atoms with E-state index in [1.807, 2.05) is 12.1 Å². The van der Waals surface area contributed by atoms with Crippen LogP contribution >= 0.6 is 0 Å². The number of nitriles is 1. The smallest absolute Gasteiger partial charge is 0.179 e. The van der Waals surface area contributed by atoms with Crippen LogP contribution in [0.5, 0.6) is 11.5 Å². The summed E-state index contributed by atoms with van der Waals surface area (Å²) in [6, 6.07) is 8.75. The molecule has 2 heterocycles. The maximum absolute atomic E-state index is 9.19. The van der Waals surface area contributed by atoms with Crippen molar-refractivity contribution in [3.63, 3.8) is 0 Å². The van der Waals surface area contributed by atoms with Crippen LogP contribution in [-0.2, 0) is 0 Å². The monoisotopic (exact) mass is 258 g/mol. The molecule has 3 rings (SSSR count). The number of fused-ring (bicyclic) bond motifs is 2. The number of benzene rings is 1. The first kappa shape index (κ1) is 12.3. The molecule has 2 aliphatic rings. The SMILES string of the molecule is COc1cccc(C#N)c1OC1CC2CCC(C1)N2. The molecule has 4 nitrogen and oxygen atoms in total. The summed E-state index contributed by atoms with van der Waals surface area (Å²) in [6.07, 6.45) is 4.68. The van der Waals surface area contributed by atoms with Crippen molar-refractivity contribution < 1.29 is 9.47 Å². The fourth-order valence-corrected chi connectivity index (χ4v) is 3.15. The van der Waals surface area contributed by atoms with Crippen molar-refractivity contribution in [3.8, 4) is 17.6 Å². The Balaban J connectivity index is 1.81. The number of nitrogens with zero attached hydrogens (tertiary/aromatic N) is 1. The lowest BCUT2D eigenvalue weighted by Gasteiger charge is -2.30. The second-order valence-electron chi connectivity index (χ2n) is 5.30. The van der Waals surface area contributed by atoms with Crippen LogP contribution in [0.4, 0.5) is 0 Å². The van der Waals surface area contributed by atoms with E-state index in [4.69, 9.17) is 9.47 Å². The Kier molecular flexibility index (Phi) is 3.31. The number of ether oxygens (including phenoxy) is 2. The van der Waals surface area contributed by atoms with Crippen molar-refractivity contribution in [3.05, 3.63) is 23.8 Å². The van der Waals surface area contributed by atoms with E-state index in [2.05, 4.69) is 11.4 Å². The second kappa shape index (κ2) is 5.10. The van der Waals surface area contributed by atoms with Crippen LogP contribution in [0.25, 0.3) is 0 Å². The van der Waals surface area contributed by atoms with Crippen molar-refractivity contribution >= 4 is 0 Å². The van der Waals surface area contributed by atoms with Crippen LogP contribution in [0.3, 0.4) is 0 Å². The van der Waals surface area contributed by atoms with Gasteiger partial charge in [-0.2, -0.15) is 5.26 Å². The van der Waals surface area contributed by atoms with E-state index in [0.717, 1.165) is 12.8 Å². The quantitative estimate of drug-likeness (QED) is 0.903. The number of rotatable bonds is 3. The van der Waals surface area contributed by atoms with Gasteiger partial charge in [-0.05, 0) is 37.8 Å². The third kappa shape index (κ3) is 2.39. The van der Waals surface area contributed by atoms with Crippen LogP contribution in [-0.4, -0.2) is 25.3 Å². The summed E-state index contributed by atoms with van der Waals surface area (Å²) in [6.45, 7) is 0. The molecule has 0 radical (unpaired) electrons. The van der Waals surface area contributed by atoms with E-state index < -0.39 is 0 Å². The highest BCUT2D eigenvalue weighted by Crippen LogP contribution is 2.35. The molecule has 2 atom stereocenters. The summed E-state index contributed by atoms with van der Waals surface area (Å²) < 4.78 is 11.4. The van der Waals surface area contributed by atoms with Crippen LogP contribution in [0.15, 0.2) is 18.2 Å². The van der Waals surface area contributed by atoms with Crippen LogP contribution in [0.1, 0.15) is 31.2 Å². The van der Waals surface area contributed by atoms with Gasteiger partial charge in [0.1, 0.15) is 12.2 Å². The van der Waals surface area contributed by atoms with E-state index in [9.17, 15) is 5.26 Å². The molecule has 4 heteroatoms. The number of methoxy groups -OCH3 is 1. The van der Waals surface area contributed by atoms with Gasteiger partial charge in [-0.25, -0.2) is 0 Å². The minimum Gasteiger partial charge on any atom is -0.493 e. The van der Waals surface area contributed by atoms with Crippen LogP contribution < -0.4 is 14.8 Å². The number of hydrogen-bond donors (Lipinski definition) is 1. The first-order valence-electron chi connectivity index (χ1n) is 6.80. The predicted molar refractivity (Wildman–Crippen MR) is 71.3 cm³/mol. The molecular formula is C15H18N2O2. The van der Waals surface area contributed by atoms with E-state index in [1.54, 1.807) is 13.2 Å². The molecule has 2 bridgehead atoms.